The first-order valence-electron chi connectivity index (χ1n) is 8.29. The first-order chi connectivity index (χ1) is 9.59. The van der Waals surface area contributed by atoms with Crippen LogP contribution in [0.3, 0.4) is 0 Å². The number of fused-ring (bicyclic) bond motifs is 1. The molecule has 20 heavy (non-hydrogen) atoms. The van der Waals surface area contributed by atoms with Gasteiger partial charge in [-0.2, -0.15) is 0 Å². The number of pyridine rings is 1. The molecule has 1 aromatic rings. The standard InChI is InChI=1S/C18H28N2/c1-18(2)11-4-3-10-15(18)16(19)14-9-5-7-13-8-6-12-20-17(13)14/h6,8,12,14-16H,3-5,7,9-11,19H2,1-2H3. The van der Waals surface area contributed by atoms with Crippen LogP contribution in [0.2, 0.25) is 0 Å². The number of aryl methyl sites for hydroxylation is 1. The molecule has 1 aromatic heterocycles. The van der Waals surface area contributed by atoms with Crippen LogP contribution in [0.4, 0.5) is 0 Å². The van der Waals surface area contributed by atoms with Crippen molar-refractivity contribution in [3.63, 3.8) is 0 Å². The lowest BCUT2D eigenvalue weighted by Gasteiger charge is -2.45. The summed E-state index contributed by atoms with van der Waals surface area (Å²) in [6.45, 7) is 4.83. The normalized spacial score (nSPS) is 30.6. The van der Waals surface area contributed by atoms with Crippen LogP contribution in [-0.2, 0) is 6.42 Å². The Bertz CT molecular complexity index is 466. The number of hydrogen-bond acceptors (Lipinski definition) is 2. The lowest BCUT2D eigenvalue weighted by molar-refractivity contribution is 0.0990. The lowest BCUT2D eigenvalue weighted by atomic mass is 9.62. The fourth-order valence-electron chi connectivity index (χ4n) is 4.53. The van der Waals surface area contributed by atoms with Crippen molar-refractivity contribution in [1.29, 1.82) is 0 Å². The maximum atomic E-state index is 6.77. The first kappa shape index (κ1) is 14.1. The van der Waals surface area contributed by atoms with Gasteiger partial charge < -0.3 is 5.73 Å². The van der Waals surface area contributed by atoms with E-state index in [4.69, 9.17) is 5.73 Å². The summed E-state index contributed by atoms with van der Waals surface area (Å²) in [5.74, 6) is 1.12. The molecule has 0 aromatic carbocycles. The minimum atomic E-state index is 0.277. The van der Waals surface area contributed by atoms with Crippen LogP contribution in [-0.4, -0.2) is 11.0 Å². The number of nitrogens with zero attached hydrogens (tertiary/aromatic N) is 1. The molecule has 3 rings (SSSR count). The van der Waals surface area contributed by atoms with Crippen molar-refractivity contribution in [3.05, 3.63) is 29.6 Å². The highest BCUT2D eigenvalue weighted by Crippen LogP contribution is 2.46. The van der Waals surface area contributed by atoms with E-state index in [-0.39, 0.29) is 6.04 Å². The van der Waals surface area contributed by atoms with Crippen LogP contribution in [0, 0.1) is 11.3 Å². The molecule has 3 atom stereocenters. The molecule has 1 saturated carbocycles. The highest BCUT2D eigenvalue weighted by molar-refractivity contribution is 5.27. The minimum Gasteiger partial charge on any atom is -0.327 e. The summed E-state index contributed by atoms with van der Waals surface area (Å²) in [6, 6.07) is 4.59. The highest BCUT2D eigenvalue weighted by atomic mass is 14.8. The molecule has 0 aliphatic heterocycles. The summed E-state index contributed by atoms with van der Waals surface area (Å²) in [4.78, 5) is 4.68. The average molecular weight is 272 g/mol. The van der Waals surface area contributed by atoms with Crippen LogP contribution in [0.25, 0.3) is 0 Å². The van der Waals surface area contributed by atoms with Crippen LogP contribution in [0.1, 0.15) is 69.5 Å². The predicted molar refractivity (Wildman–Crippen MR) is 83.6 cm³/mol. The Morgan fingerprint density at radius 1 is 1.25 bits per heavy atom. The molecular formula is C18H28N2. The molecule has 0 amide bonds. The van der Waals surface area contributed by atoms with Crippen molar-refractivity contribution in [2.24, 2.45) is 17.1 Å². The second-order valence-electron chi connectivity index (χ2n) is 7.46. The Morgan fingerprint density at radius 3 is 2.90 bits per heavy atom. The third-order valence-corrected chi connectivity index (χ3v) is 5.76. The molecule has 3 unspecified atom stereocenters. The monoisotopic (exact) mass is 272 g/mol. The van der Waals surface area contributed by atoms with E-state index in [1.807, 2.05) is 6.20 Å². The molecule has 2 heteroatoms. The Balaban J connectivity index is 1.86. The summed E-state index contributed by atoms with van der Waals surface area (Å²) >= 11 is 0. The van der Waals surface area contributed by atoms with Gasteiger partial charge in [0.2, 0.25) is 0 Å². The molecule has 2 aliphatic rings. The SMILES string of the molecule is CC1(C)CCCCC1C(N)C1CCCc2cccnc21. The molecule has 110 valence electrons. The van der Waals surface area contributed by atoms with E-state index in [1.54, 1.807) is 0 Å². The van der Waals surface area contributed by atoms with Gasteiger partial charge in [0.1, 0.15) is 0 Å². The average Bonchev–Trinajstić information content (AvgIpc) is 2.45. The summed E-state index contributed by atoms with van der Waals surface area (Å²) in [5, 5.41) is 0. The van der Waals surface area contributed by atoms with E-state index >= 15 is 0 Å². The Kier molecular flexibility index (Phi) is 3.85. The van der Waals surface area contributed by atoms with Gasteiger partial charge in [0.05, 0.1) is 0 Å². The van der Waals surface area contributed by atoms with E-state index < -0.39 is 0 Å². The zero-order chi connectivity index (χ0) is 14.2. The van der Waals surface area contributed by atoms with Crippen LogP contribution in [0.15, 0.2) is 18.3 Å². The van der Waals surface area contributed by atoms with Gasteiger partial charge in [-0.25, -0.2) is 0 Å². The van der Waals surface area contributed by atoms with Gasteiger partial charge >= 0.3 is 0 Å². The minimum absolute atomic E-state index is 0.277. The number of hydrogen-bond donors (Lipinski definition) is 1. The van der Waals surface area contributed by atoms with Gasteiger partial charge in [-0.1, -0.05) is 32.8 Å². The molecule has 2 N–H and O–H groups in total. The molecule has 2 nitrogen and oxygen atoms in total. The second kappa shape index (κ2) is 5.48. The topological polar surface area (TPSA) is 38.9 Å². The van der Waals surface area contributed by atoms with Gasteiger partial charge in [-0.3, -0.25) is 4.98 Å². The second-order valence-corrected chi connectivity index (χ2v) is 7.46. The van der Waals surface area contributed by atoms with Crippen molar-refractivity contribution in [3.8, 4) is 0 Å². The van der Waals surface area contributed by atoms with Crippen LogP contribution in [0.5, 0.6) is 0 Å². The zero-order valence-corrected chi connectivity index (χ0v) is 12.9. The van der Waals surface area contributed by atoms with Gasteiger partial charge in [-0.05, 0) is 55.1 Å². The van der Waals surface area contributed by atoms with Crippen molar-refractivity contribution < 1.29 is 0 Å². The third kappa shape index (κ3) is 2.50. The molecule has 2 aliphatic carbocycles. The lowest BCUT2D eigenvalue weighted by Crippen LogP contribution is -2.46. The van der Waals surface area contributed by atoms with E-state index in [1.165, 1.54) is 56.2 Å². The molecule has 0 spiro atoms. The molecule has 0 bridgehead atoms. The quantitative estimate of drug-likeness (QED) is 0.882. The zero-order valence-electron chi connectivity index (χ0n) is 12.9. The summed E-state index contributed by atoms with van der Waals surface area (Å²) < 4.78 is 0. The number of aromatic nitrogens is 1. The van der Waals surface area contributed by atoms with Crippen molar-refractivity contribution >= 4 is 0 Å². The number of nitrogens with two attached hydrogens (primary N) is 1. The van der Waals surface area contributed by atoms with Crippen molar-refractivity contribution in [1.82, 2.24) is 4.98 Å². The molecule has 0 radical (unpaired) electrons. The summed E-state index contributed by atoms with van der Waals surface area (Å²) in [6.07, 6.45) is 11.0. The van der Waals surface area contributed by atoms with E-state index in [0.717, 1.165) is 0 Å². The van der Waals surface area contributed by atoms with Crippen LogP contribution < -0.4 is 5.73 Å². The third-order valence-electron chi connectivity index (χ3n) is 5.76. The fraction of sp³-hybridized carbons (Fsp3) is 0.722. The predicted octanol–water partition coefficient (Wildman–Crippen LogP) is 4.05. The summed E-state index contributed by atoms with van der Waals surface area (Å²) in [5.41, 5.74) is 9.90. The Labute approximate surface area is 123 Å². The maximum Gasteiger partial charge on any atom is 0.0481 e. The largest absolute Gasteiger partial charge is 0.327 e. The van der Waals surface area contributed by atoms with Crippen LogP contribution >= 0.6 is 0 Å². The maximum absolute atomic E-state index is 6.77. The van der Waals surface area contributed by atoms with Gasteiger partial charge in [0, 0.05) is 23.9 Å². The Morgan fingerprint density at radius 2 is 2.10 bits per heavy atom. The smallest absolute Gasteiger partial charge is 0.0481 e. The first-order valence-corrected chi connectivity index (χ1v) is 8.29. The highest BCUT2D eigenvalue weighted by Gasteiger charge is 2.40. The van der Waals surface area contributed by atoms with Gasteiger partial charge in [0.15, 0.2) is 0 Å². The molecular weight excluding hydrogens is 244 g/mol. The van der Waals surface area contributed by atoms with Crippen molar-refractivity contribution in [2.75, 3.05) is 0 Å². The van der Waals surface area contributed by atoms with Crippen molar-refractivity contribution in [2.45, 2.75) is 70.8 Å². The summed E-state index contributed by atoms with van der Waals surface area (Å²) in [7, 11) is 0. The van der Waals surface area contributed by atoms with Gasteiger partial charge in [-0.15, -0.1) is 0 Å². The molecule has 0 saturated heterocycles. The molecule has 1 heterocycles. The van der Waals surface area contributed by atoms with E-state index in [9.17, 15) is 0 Å². The van der Waals surface area contributed by atoms with E-state index in [2.05, 4.69) is 31.0 Å². The number of rotatable bonds is 2. The Hall–Kier alpha value is -0.890. The van der Waals surface area contributed by atoms with Gasteiger partial charge in [0.25, 0.3) is 0 Å². The fourth-order valence-corrected chi connectivity index (χ4v) is 4.53. The van der Waals surface area contributed by atoms with E-state index in [0.29, 0.717) is 17.3 Å². The molecule has 1 fully saturated rings.